The minimum absolute atomic E-state index is 0.0352. The largest absolute Gasteiger partial charge is 0.293 e. The number of carbonyl (C=O) groups is 1. The van der Waals surface area contributed by atoms with E-state index in [0.29, 0.717) is 10.5 Å². The molecule has 0 saturated carbocycles. The average molecular weight is 258 g/mol. The smallest absolute Gasteiger partial charge is 0.175 e. The molecule has 0 bridgehead atoms. The van der Waals surface area contributed by atoms with Crippen molar-refractivity contribution < 1.29 is 9.00 Å². The summed E-state index contributed by atoms with van der Waals surface area (Å²) in [6.45, 7) is 1.94. The molecule has 0 heterocycles. The number of benzene rings is 2. The summed E-state index contributed by atoms with van der Waals surface area (Å²) < 4.78 is 12.1. The first-order chi connectivity index (χ1) is 8.66. The zero-order valence-corrected chi connectivity index (χ0v) is 10.9. The Hall–Kier alpha value is -1.74. The molecule has 1 atom stereocenters. The Balaban J connectivity index is 2.11. The number of hydrogen-bond donors (Lipinski definition) is 0. The van der Waals surface area contributed by atoms with Gasteiger partial charge in [0, 0.05) is 10.5 Å². The second kappa shape index (κ2) is 5.74. The van der Waals surface area contributed by atoms with Crippen LogP contribution in [0.4, 0.5) is 0 Å². The van der Waals surface area contributed by atoms with Crippen molar-refractivity contribution >= 4 is 16.6 Å². The van der Waals surface area contributed by atoms with Crippen molar-refractivity contribution in [1.82, 2.24) is 0 Å². The molecule has 18 heavy (non-hydrogen) atoms. The lowest BCUT2D eigenvalue weighted by molar-refractivity contribution is 0.102. The highest BCUT2D eigenvalue weighted by Crippen LogP contribution is 2.11. The standard InChI is InChI=1S/C15H14O2S/c1-12-6-5-9-14(10-12)18(17)11-15(16)13-7-3-2-4-8-13/h2-10H,11H2,1H3. The highest BCUT2D eigenvalue weighted by Gasteiger charge is 2.11. The highest BCUT2D eigenvalue weighted by molar-refractivity contribution is 7.85. The number of hydrogen-bond acceptors (Lipinski definition) is 2. The summed E-state index contributed by atoms with van der Waals surface area (Å²) in [6.07, 6.45) is 0. The first-order valence-electron chi connectivity index (χ1n) is 5.70. The van der Waals surface area contributed by atoms with Crippen LogP contribution in [0.1, 0.15) is 15.9 Å². The molecule has 2 aromatic carbocycles. The third kappa shape index (κ3) is 3.14. The van der Waals surface area contributed by atoms with E-state index in [9.17, 15) is 9.00 Å². The van der Waals surface area contributed by atoms with Gasteiger partial charge in [0.1, 0.15) is 0 Å². The van der Waals surface area contributed by atoms with Gasteiger partial charge in [-0.25, -0.2) is 0 Å². The summed E-state index contributed by atoms with van der Waals surface area (Å²) in [4.78, 5) is 12.6. The lowest BCUT2D eigenvalue weighted by Crippen LogP contribution is -2.11. The van der Waals surface area contributed by atoms with Gasteiger partial charge in [-0.05, 0) is 24.6 Å². The Labute approximate surface area is 109 Å². The normalized spacial score (nSPS) is 12.1. The second-order valence-electron chi connectivity index (χ2n) is 4.10. The summed E-state index contributed by atoms with van der Waals surface area (Å²) in [5, 5.41) is 0. The monoisotopic (exact) mass is 258 g/mol. The van der Waals surface area contributed by atoms with E-state index >= 15 is 0 Å². The van der Waals surface area contributed by atoms with Crippen LogP contribution in [0.5, 0.6) is 0 Å². The lowest BCUT2D eigenvalue weighted by atomic mass is 10.2. The molecule has 2 aromatic rings. The van der Waals surface area contributed by atoms with E-state index in [-0.39, 0.29) is 11.5 Å². The topological polar surface area (TPSA) is 34.1 Å². The molecular weight excluding hydrogens is 244 g/mol. The van der Waals surface area contributed by atoms with Gasteiger partial charge >= 0.3 is 0 Å². The van der Waals surface area contributed by atoms with Crippen molar-refractivity contribution in [3.8, 4) is 0 Å². The fraction of sp³-hybridized carbons (Fsp3) is 0.133. The van der Waals surface area contributed by atoms with Crippen molar-refractivity contribution in [3.05, 3.63) is 65.7 Å². The van der Waals surface area contributed by atoms with Crippen LogP contribution in [0.3, 0.4) is 0 Å². The van der Waals surface area contributed by atoms with Gasteiger partial charge in [0.05, 0.1) is 16.6 Å². The molecule has 0 saturated heterocycles. The highest BCUT2D eigenvalue weighted by atomic mass is 32.2. The SMILES string of the molecule is Cc1cccc(S(=O)CC(=O)c2ccccc2)c1. The molecule has 0 N–H and O–H groups in total. The summed E-state index contributed by atoms with van der Waals surface area (Å²) in [5.41, 5.74) is 1.66. The summed E-state index contributed by atoms with van der Waals surface area (Å²) >= 11 is 0. The maximum Gasteiger partial charge on any atom is 0.175 e. The zero-order chi connectivity index (χ0) is 13.0. The predicted molar refractivity (Wildman–Crippen MR) is 73.2 cm³/mol. The van der Waals surface area contributed by atoms with E-state index in [4.69, 9.17) is 0 Å². The van der Waals surface area contributed by atoms with Gasteiger partial charge in [-0.15, -0.1) is 0 Å². The summed E-state index contributed by atoms with van der Waals surface area (Å²) in [6, 6.07) is 16.4. The van der Waals surface area contributed by atoms with Gasteiger partial charge in [-0.1, -0.05) is 42.5 Å². The van der Waals surface area contributed by atoms with Crippen molar-refractivity contribution in [2.75, 3.05) is 5.75 Å². The molecular formula is C15H14O2S. The van der Waals surface area contributed by atoms with Crippen LogP contribution < -0.4 is 0 Å². The van der Waals surface area contributed by atoms with Gasteiger partial charge in [-0.3, -0.25) is 9.00 Å². The van der Waals surface area contributed by atoms with E-state index in [0.717, 1.165) is 5.56 Å². The quantitative estimate of drug-likeness (QED) is 0.790. The first-order valence-corrected chi connectivity index (χ1v) is 7.02. The van der Waals surface area contributed by atoms with E-state index in [1.165, 1.54) is 0 Å². The van der Waals surface area contributed by atoms with Gasteiger partial charge in [0.15, 0.2) is 5.78 Å². The predicted octanol–water partition coefficient (Wildman–Crippen LogP) is 2.99. The van der Waals surface area contributed by atoms with Crippen LogP contribution in [0.25, 0.3) is 0 Å². The van der Waals surface area contributed by atoms with Crippen molar-refractivity contribution in [1.29, 1.82) is 0 Å². The number of carbonyl (C=O) groups excluding carboxylic acids is 1. The van der Waals surface area contributed by atoms with E-state index < -0.39 is 10.8 Å². The van der Waals surface area contributed by atoms with Crippen molar-refractivity contribution in [3.63, 3.8) is 0 Å². The molecule has 0 aliphatic carbocycles. The second-order valence-corrected chi connectivity index (χ2v) is 5.55. The maximum atomic E-state index is 12.1. The fourth-order valence-electron chi connectivity index (χ4n) is 1.67. The number of rotatable bonds is 4. The minimum atomic E-state index is -1.27. The molecule has 92 valence electrons. The molecule has 0 amide bonds. The third-order valence-corrected chi connectivity index (χ3v) is 3.91. The summed E-state index contributed by atoms with van der Waals surface area (Å²) in [7, 11) is -1.27. The molecule has 0 fully saturated rings. The van der Waals surface area contributed by atoms with E-state index in [1.807, 2.05) is 43.3 Å². The minimum Gasteiger partial charge on any atom is -0.293 e. The van der Waals surface area contributed by atoms with Gasteiger partial charge in [-0.2, -0.15) is 0 Å². The van der Waals surface area contributed by atoms with Crippen LogP contribution >= 0.6 is 0 Å². The lowest BCUT2D eigenvalue weighted by Gasteiger charge is -2.03. The van der Waals surface area contributed by atoms with Gasteiger partial charge < -0.3 is 0 Å². The Morgan fingerprint density at radius 3 is 2.44 bits per heavy atom. The van der Waals surface area contributed by atoms with Crippen LogP contribution in [0.15, 0.2) is 59.5 Å². The van der Waals surface area contributed by atoms with Gasteiger partial charge in [0.25, 0.3) is 0 Å². The van der Waals surface area contributed by atoms with Crippen LogP contribution in [-0.2, 0) is 10.8 Å². The maximum absolute atomic E-state index is 12.1. The van der Waals surface area contributed by atoms with Crippen LogP contribution in [0, 0.1) is 6.92 Å². The first kappa shape index (κ1) is 12.7. The van der Waals surface area contributed by atoms with Crippen molar-refractivity contribution in [2.24, 2.45) is 0 Å². The Morgan fingerprint density at radius 2 is 1.78 bits per heavy atom. The molecule has 1 unspecified atom stereocenters. The molecule has 2 rings (SSSR count). The number of aryl methyl sites for hydroxylation is 1. The van der Waals surface area contributed by atoms with Crippen LogP contribution in [0.2, 0.25) is 0 Å². The Kier molecular flexibility index (Phi) is 4.05. The van der Waals surface area contributed by atoms with Crippen LogP contribution in [-0.4, -0.2) is 15.7 Å². The molecule has 0 radical (unpaired) electrons. The number of Topliss-reactive ketones (excluding diaryl/α,β-unsaturated/α-hetero) is 1. The summed E-state index contributed by atoms with van der Waals surface area (Å²) in [5.74, 6) is -0.0524. The van der Waals surface area contributed by atoms with Crippen molar-refractivity contribution in [2.45, 2.75) is 11.8 Å². The molecule has 0 aliphatic rings. The van der Waals surface area contributed by atoms with Gasteiger partial charge in [0.2, 0.25) is 0 Å². The zero-order valence-electron chi connectivity index (χ0n) is 10.1. The fourth-order valence-corrected chi connectivity index (χ4v) is 2.79. The molecule has 0 aromatic heterocycles. The molecule has 0 spiro atoms. The number of ketones is 1. The Bertz CT molecular complexity index is 576. The molecule has 2 nitrogen and oxygen atoms in total. The van der Waals surface area contributed by atoms with E-state index in [2.05, 4.69) is 0 Å². The Morgan fingerprint density at radius 1 is 1.06 bits per heavy atom. The third-order valence-electron chi connectivity index (χ3n) is 2.61. The van der Waals surface area contributed by atoms with E-state index in [1.54, 1.807) is 18.2 Å². The molecule has 3 heteroatoms. The molecule has 0 aliphatic heterocycles. The average Bonchev–Trinajstić information content (AvgIpc) is 2.39.